The normalized spacial score (nSPS) is 10.3. The first-order chi connectivity index (χ1) is 8.58. The minimum atomic E-state index is -0.484. The highest BCUT2D eigenvalue weighted by Gasteiger charge is 2.11. The van der Waals surface area contributed by atoms with Crippen molar-refractivity contribution in [1.82, 2.24) is 0 Å². The average molecular weight is 263 g/mol. The molecule has 94 valence electrons. The molecular formula is C12H13N3O2S. The van der Waals surface area contributed by atoms with Crippen LogP contribution in [0.25, 0.3) is 0 Å². The van der Waals surface area contributed by atoms with Gasteiger partial charge < -0.3 is 11.1 Å². The molecule has 0 amide bonds. The molecule has 3 N–H and O–H groups in total. The van der Waals surface area contributed by atoms with Gasteiger partial charge in [-0.2, -0.15) is 0 Å². The predicted molar refractivity (Wildman–Crippen MR) is 73.9 cm³/mol. The number of hydrogen-bond donors (Lipinski definition) is 2. The van der Waals surface area contributed by atoms with Crippen molar-refractivity contribution in [3.05, 3.63) is 50.2 Å². The number of aryl methyl sites for hydroxylation is 1. The van der Waals surface area contributed by atoms with E-state index in [0.717, 1.165) is 5.69 Å². The predicted octanol–water partition coefficient (Wildman–Crippen LogP) is 3.16. The number of benzene rings is 1. The van der Waals surface area contributed by atoms with E-state index in [9.17, 15) is 10.1 Å². The third-order valence-electron chi connectivity index (χ3n) is 2.65. The van der Waals surface area contributed by atoms with Crippen molar-refractivity contribution in [2.45, 2.75) is 13.5 Å². The Morgan fingerprint density at radius 2 is 2.22 bits per heavy atom. The Morgan fingerprint density at radius 1 is 1.44 bits per heavy atom. The van der Waals surface area contributed by atoms with E-state index in [0.29, 0.717) is 6.54 Å². The molecule has 2 rings (SSSR count). The van der Waals surface area contributed by atoms with Gasteiger partial charge in [0.05, 0.1) is 4.92 Å². The molecule has 0 radical (unpaired) electrons. The molecule has 6 heteroatoms. The summed E-state index contributed by atoms with van der Waals surface area (Å²) in [6.45, 7) is 2.75. The summed E-state index contributed by atoms with van der Waals surface area (Å²) in [5, 5.41) is 15.9. The molecule has 1 aromatic carbocycles. The number of nitrogens with one attached hydrogen (secondary N) is 1. The zero-order valence-electron chi connectivity index (χ0n) is 9.84. The van der Waals surface area contributed by atoms with E-state index in [2.05, 4.69) is 18.3 Å². The first kappa shape index (κ1) is 12.4. The SMILES string of the molecule is Cc1ccsc1CNc1ccc([N+](=O)[O-])c(N)c1. The van der Waals surface area contributed by atoms with Crippen LogP contribution in [0.3, 0.4) is 0 Å². The van der Waals surface area contributed by atoms with Crippen molar-refractivity contribution in [3.63, 3.8) is 0 Å². The fraction of sp³-hybridized carbons (Fsp3) is 0.167. The Balaban J connectivity index is 2.09. The quantitative estimate of drug-likeness (QED) is 0.504. The monoisotopic (exact) mass is 263 g/mol. The van der Waals surface area contributed by atoms with E-state index in [1.165, 1.54) is 16.5 Å². The number of nitro groups is 1. The van der Waals surface area contributed by atoms with Gasteiger partial charge in [-0.15, -0.1) is 11.3 Å². The molecule has 1 heterocycles. The molecule has 0 aliphatic rings. The van der Waals surface area contributed by atoms with E-state index in [1.807, 2.05) is 5.38 Å². The summed E-state index contributed by atoms with van der Waals surface area (Å²) in [6, 6.07) is 6.73. The van der Waals surface area contributed by atoms with Gasteiger partial charge in [0.2, 0.25) is 0 Å². The first-order valence-electron chi connectivity index (χ1n) is 5.38. The maximum absolute atomic E-state index is 10.6. The second-order valence-corrected chi connectivity index (χ2v) is 4.91. The van der Waals surface area contributed by atoms with E-state index in [-0.39, 0.29) is 11.4 Å². The number of anilines is 2. The lowest BCUT2D eigenvalue weighted by molar-refractivity contribution is -0.383. The van der Waals surface area contributed by atoms with Crippen LogP contribution in [-0.2, 0) is 6.54 Å². The third kappa shape index (κ3) is 2.60. The summed E-state index contributed by atoms with van der Waals surface area (Å²) in [5.41, 5.74) is 7.76. The van der Waals surface area contributed by atoms with E-state index >= 15 is 0 Å². The second kappa shape index (κ2) is 5.05. The van der Waals surface area contributed by atoms with Crippen LogP contribution in [0, 0.1) is 17.0 Å². The van der Waals surface area contributed by atoms with Crippen LogP contribution in [-0.4, -0.2) is 4.92 Å². The van der Waals surface area contributed by atoms with Crippen LogP contribution in [0.2, 0.25) is 0 Å². The first-order valence-corrected chi connectivity index (χ1v) is 6.26. The molecule has 0 fully saturated rings. The van der Waals surface area contributed by atoms with Crippen LogP contribution in [0.4, 0.5) is 17.1 Å². The minimum Gasteiger partial charge on any atom is -0.393 e. The van der Waals surface area contributed by atoms with Gasteiger partial charge >= 0.3 is 0 Å². The second-order valence-electron chi connectivity index (χ2n) is 3.91. The Hall–Kier alpha value is -2.08. The van der Waals surface area contributed by atoms with Gasteiger partial charge in [-0.05, 0) is 36.1 Å². The summed E-state index contributed by atoms with van der Waals surface area (Å²) in [6.07, 6.45) is 0. The van der Waals surface area contributed by atoms with Crippen molar-refractivity contribution < 1.29 is 4.92 Å². The van der Waals surface area contributed by atoms with Crippen LogP contribution >= 0.6 is 11.3 Å². The zero-order chi connectivity index (χ0) is 13.1. The molecule has 0 aliphatic carbocycles. The van der Waals surface area contributed by atoms with E-state index in [4.69, 9.17) is 5.73 Å². The Labute approximate surface area is 108 Å². The summed E-state index contributed by atoms with van der Waals surface area (Å²) in [7, 11) is 0. The smallest absolute Gasteiger partial charge is 0.292 e. The minimum absolute atomic E-state index is 0.0622. The number of hydrogen-bond acceptors (Lipinski definition) is 5. The molecule has 1 aromatic heterocycles. The molecule has 0 saturated carbocycles. The molecule has 0 atom stereocenters. The molecule has 0 saturated heterocycles. The fourth-order valence-electron chi connectivity index (χ4n) is 1.60. The zero-order valence-corrected chi connectivity index (χ0v) is 10.7. The molecule has 0 bridgehead atoms. The van der Waals surface area contributed by atoms with Gasteiger partial charge in [0.1, 0.15) is 5.69 Å². The number of nitrogens with two attached hydrogens (primary N) is 1. The lowest BCUT2D eigenvalue weighted by atomic mass is 10.2. The number of nitrogen functional groups attached to an aromatic ring is 1. The van der Waals surface area contributed by atoms with Crippen molar-refractivity contribution in [1.29, 1.82) is 0 Å². The van der Waals surface area contributed by atoms with Gasteiger partial charge in [-0.1, -0.05) is 0 Å². The number of rotatable bonds is 4. The summed E-state index contributed by atoms with van der Waals surface area (Å²) in [4.78, 5) is 11.4. The average Bonchev–Trinajstić information content (AvgIpc) is 2.72. The molecule has 18 heavy (non-hydrogen) atoms. The summed E-state index contributed by atoms with van der Waals surface area (Å²) < 4.78 is 0. The van der Waals surface area contributed by atoms with Crippen LogP contribution in [0.15, 0.2) is 29.6 Å². The number of nitro benzene ring substituents is 1. The Bertz CT molecular complexity index is 580. The summed E-state index contributed by atoms with van der Waals surface area (Å²) >= 11 is 1.68. The Morgan fingerprint density at radius 3 is 2.78 bits per heavy atom. The third-order valence-corrected chi connectivity index (χ3v) is 3.67. The van der Waals surface area contributed by atoms with E-state index < -0.39 is 4.92 Å². The van der Waals surface area contributed by atoms with Gasteiger partial charge in [0, 0.05) is 23.2 Å². The highest BCUT2D eigenvalue weighted by molar-refractivity contribution is 7.10. The van der Waals surface area contributed by atoms with Crippen molar-refractivity contribution in [3.8, 4) is 0 Å². The standard InChI is InChI=1S/C12H13N3O2S/c1-8-4-5-18-12(8)7-14-9-2-3-11(15(16)17)10(13)6-9/h2-6,14H,7,13H2,1H3. The molecule has 2 aromatic rings. The van der Waals surface area contributed by atoms with Gasteiger partial charge in [-0.25, -0.2) is 0 Å². The maximum Gasteiger partial charge on any atom is 0.292 e. The highest BCUT2D eigenvalue weighted by Crippen LogP contribution is 2.25. The van der Waals surface area contributed by atoms with Gasteiger partial charge in [0.25, 0.3) is 5.69 Å². The van der Waals surface area contributed by atoms with Crippen LogP contribution in [0.5, 0.6) is 0 Å². The molecule has 0 unspecified atom stereocenters. The fourth-order valence-corrected chi connectivity index (χ4v) is 2.44. The topological polar surface area (TPSA) is 81.2 Å². The van der Waals surface area contributed by atoms with Crippen molar-refractivity contribution >= 4 is 28.4 Å². The largest absolute Gasteiger partial charge is 0.393 e. The molecule has 0 spiro atoms. The van der Waals surface area contributed by atoms with Gasteiger partial charge in [0.15, 0.2) is 0 Å². The number of thiophene rings is 1. The lowest BCUT2D eigenvalue weighted by Crippen LogP contribution is -2.01. The molecule has 5 nitrogen and oxygen atoms in total. The lowest BCUT2D eigenvalue weighted by Gasteiger charge is -2.06. The molecule has 0 aliphatic heterocycles. The molecular weight excluding hydrogens is 250 g/mol. The maximum atomic E-state index is 10.6. The highest BCUT2D eigenvalue weighted by atomic mass is 32.1. The van der Waals surface area contributed by atoms with E-state index in [1.54, 1.807) is 23.5 Å². The van der Waals surface area contributed by atoms with Crippen LogP contribution < -0.4 is 11.1 Å². The van der Waals surface area contributed by atoms with Crippen molar-refractivity contribution in [2.75, 3.05) is 11.1 Å². The number of nitrogens with zero attached hydrogens (tertiary/aromatic N) is 1. The Kier molecular flexibility index (Phi) is 3.47. The van der Waals surface area contributed by atoms with Crippen LogP contribution in [0.1, 0.15) is 10.4 Å². The van der Waals surface area contributed by atoms with Gasteiger partial charge in [-0.3, -0.25) is 10.1 Å². The summed E-state index contributed by atoms with van der Waals surface area (Å²) in [5.74, 6) is 0. The van der Waals surface area contributed by atoms with Crippen molar-refractivity contribution in [2.24, 2.45) is 0 Å².